The van der Waals surface area contributed by atoms with Crippen LogP contribution in [0.1, 0.15) is 44.9 Å². The average Bonchev–Trinajstić information content (AvgIpc) is 3.01. The minimum Gasteiger partial charge on any atom is -0.377 e. The maximum Gasteiger partial charge on any atom is 0.0664 e. The zero-order valence-electron chi connectivity index (χ0n) is 12.1. The number of rotatable bonds is 0. The van der Waals surface area contributed by atoms with Gasteiger partial charge < -0.3 is 14.5 Å². The van der Waals surface area contributed by atoms with Crippen LogP contribution in [-0.2, 0) is 4.74 Å². The summed E-state index contributed by atoms with van der Waals surface area (Å²) in [5.74, 6) is 0. The molecule has 0 aromatic rings. The second-order valence-corrected chi connectivity index (χ2v) is 6.28. The Kier molecular flexibility index (Phi) is 4.78. The monoisotopic (exact) mass is 264 g/mol. The third kappa shape index (κ3) is 3.96. The summed E-state index contributed by atoms with van der Waals surface area (Å²) >= 11 is 0. The van der Waals surface area contributed by atoms with Crippen LogP contribution in [0.2, 0.25) is 0 Å². The number of nitrogens with zero attached hydrogens (tertiary/aromatic N) is 2. The molecule has 108 valence electrons. The molecule has 2 fully saturated rings. The summed E-state index contributed by atoms with van der Waals surface area (Å²) in [6.45, 7) is 5.64. The Balaban J connectivity index is 1.51. The zero-order valence-corrected chi connectivity index (χ0v) is 12.1. The minimum absolute atomic E-state index is 0.790. The topological polar surface area (TPSA) is 15.5 Å². The second kappa shape index (κ2) is 6.76. The van der Waals surface area contributed by atoms with Crippen LogP contribution >= 0.6 is 0 Å². The first-order valence-corrected chi connectivity index (χ1v) is 8.18. The molecule has 0 radical (unpaired) electrons. The van der Waals surface area contributed by atoms with E-state index in [-0.39, 0.29) is 0 Å². The standard InChI is InChI=1S/C16H28N2O/c1-2-6-15-7-4-9-17(15)11-8-16-14-18(16)10-5-13-19-12-3-1/h5,10,15-16H,1-4,6-9,11-14H2. The Bertz CT molecular complexity index is 305. The van der Waals surface area contributed by atoms with Gasteiger partial charge in [-0.2, -0.15) is 0 Å². The lowest BCUT2D eigenvalue weighted by atomic mass is 10.1. The zero-order chi connectivity index (χ0) is 12.9. The van der Waals surface area contributed by atoms with Gasteiger partial charge in [-0.1, -0.05) is 12.8 Å². The summed E-state index contributed by atoms with van der Waals surface area (Å²) < 4.78 is 5.64. The van der Waals surface area contributed by atoms with Gasteiger partial charge in [-0.15, -0.1) is 0 Å². The molecule has 3 heteroatoms. The summed E-state index contributed by atoms with van der Waals surface area (Å²) in [5, 5.41) is 0. The van der Waals surface area contributed by atoms with Crippen molar-refractivity contribution < 1.29 is 4.74 Å². The lowest BCUT2D eigenvalue weighted by molar-refractivity contribution is 0.155. The van der Waals surface area contributed by atoms with Crippen molar-refractivity contribution in [2.75, 3.05) is 32.8 Å². The van der Waals surface area contributed by atoms with Crippen LogP contribution in [0.25, 0.3) is 0 Å². The average molecular weight is 264 g/mol. The summed E-state index contributed by atoms with van der Waals surface area (Å²) in [5.41, 5.74) is 0. The molecule has 3 nitrogen and oxygen atoms in total. The quantitative estimate of drug-likeness (QED) is 0.625. The highest BCUT2D eigenvalue weighted by Crippen LogP contribution is 2.26. The molecule has 0 aliphatic carbocycles. The Hall–Kier alpha value is -0.540. The Labute approximate surface area is 117 Å². The van der Waals surface area contributed by atoms with E-state index >= 15 is 0 Å². The molecular weight excluding hydrogens is 236 g/mol. The molecule has 3 heterocycles. The first kappa shape index (κ1) is 13.4. The number of ether oxygens (including phenoxy) is 1. The van der Waals surface area contributed by atoms with Gasteiger partial charge in [0, 0.05) is 31.8 Å². The molecule has 0 spiro atoms. The highest BCUT2D eigenvalue weighted by atomic mass is 16.5. The van der Waals surface area contributed by atoms with E-state index in [1.807, 2.05) is 0 Å². The smallest absolute Gasteiger partial charge is 0.0664 e. The van der Waals surface area contributed by atoms with Crippen LogP contribution in [0, 0.1) is 0 Å². The van der Waals surface area contributed by atoms with Crippen LogP contribution in [0.3, 0.4) is 0 Å². The summed E-state index contributed by atoms with van der Waals surface area (Å²) in [6, 6.07) is 1.69. The number of fused-ring (bicyclic) bond motifs is 2. The Morgan fingerprint density at radius 3 is 2.84 bits per heavy atom. The Morgan fingerprint density at radius 1 is 0.895 bits per heavy atom. The lowest BCUT2D eigenvalue weighted by Gasteiger charge is -2.24. The molecule has 3 aliphatic rings. The second-order valence-electron chi connectivity index (χ2n) is 6.28. The normalized spacial score (nSPS) is 34.2. The molecule has 0 bridgehead atoms. The van der Waals surface area contributed by atoms with Crippen molar-refractivity contribution in [1.82, 2.24) is 9.80 Å². The molecule has 2 saturated heterocycles. The SMILES string of the molecule is C1=CN2CC2CCN2CCCC2CCCCCOC1. The van der Waals surface area contributed by atoms with Gasteiger partial charge in [-0.3, -0.25) is 0 Å². The molecule has 3 aliphatic heterocycles. The maximum atomic E-state index is 5.64. The van der Waals surface area contributed by atoms with Gasteiger partial charge in [0.2, 0.25) is 0 Å². The van der Waals surface area contributed by atoms with Crippen LogP contribution in [0.15, 0.2) is 12.3 Å². The first-order chi connectivity index (χ1) is 9.43. The van der Waals surface area contributed by atoms with E-state index in [1.54, 1.807) is 0 Å². The highest BCUT2D eigenvalue weighted by molar-refractivity contribution is 4.99. The molecule has 2 atom stereocenters. The molecule has 2 unspecified atom stereocenters. The molecule has 0 amide bonds. The first-order valence-electron chi connectivity index (χ1n) is 8.18. The molecular formula is C16H28N2O. The van der Waals surface area contributed by atoms with E-state index in [4.69, 9.17) is 4.74 Å². The van der Waals surface area contributed by atoms with Crippen molar-refractivity contribution in [3.63, 3.8) is 0 Å². The van der Waals surface area contributed by atoms with Crippen molar-refractivity contribution in [3.05, 3.63) is 12.3 Å². The molecule has 3 rings (SSSR count). The molecule has 0 aromatic heterocycles. The van der Waals surface area contributed by atoms with Crippen LogP contribution in [-0.4, -0.2) is 54.7 Å². The Morgan fingerprint density at radius 2 is 1.84 bits per heavy atom. The third-order valence-corrected chi connectivity index (χ3v) is 4.84. The fraction of sp³-hybridized carbons (Fsp3) is 0.875. The van der Waals surface area contributed by atoms with Gasteiger partial charge in [0.15, 0.2) is 0 Å². The fourth-order valence-corrected chi connectivity index (χ4v) is 3.56. The van der Waals surface area contributed by atoms with Crippen molar-refractivity contribution in [1.29, 1.82) is 0 Å². The van der Waals surface area contributed by atoms with E-state index in [2.05, 4.69) is 22.1 Å². The number of hydrogen-bond acceptors (Lipinski definition) is 3. The van der Waals surface area contributed by atoms with Crippen molar-refractivity contribution >= 4 is 0 Å². The molecule has 0 aromatic carbocycles. The van der Waals surface area contributed by atoms with Crippen molar-refractivity contribution in [3.8, 4) is 0 Å². The summed E-state index contributed by atoms with van der Waals surface area (Å²) in [7, 11) is 0. The van der Waals surface area contributed by atoms with Gasteiger partial charge in [-0.05, 0) is 50.9 Å². The van der Waals surface area contributed by atoms with Gasteiger partial charge in [0.05, 0.1) is 6.61 Å². The number of hydrogen-bond donors (Lipinski definition) is 0. The van der Waals surface area contributed by atoms with Crippen molar-refractivity contribution in [2.45, 2.75) is 57.0 Å². The maximum absolute atomic E-state index is 5.64. The molecule has 19 heavy (non-hydrogen) atoms. The minimum atomic E-state index is 0.790. The van der Waals surface area contributed by atoms with Crippen LogP contribution in [0.5, 0.6) is 0 Å². The third-order valence-electron chi connectivity index (χ3n) is 4.84. The predicted molar refractivity (Wildman–Crippen MR) is 78.1 cm³/mol. The van der Waals surface area contributed by atoms with E-state index < -0.39 is 0 Å². The van der Waals surface area contributed by atoms with Crippen LogP contribution in [0.4, 0.5) is 0 Å². The van der Waals surface area contributed by atoms with Gasteiger partial charge in [-0.25, -0.2) is 0 Å². The predicted octanol–water partition coefficient (Wildman–Crippen LogP) is 2.63. The van der Waals surface area contributed by atoms with Gasteiger partial charge >= 0.3 is 0 Å². The summed E-state index contributed by atoms with van der Waals surface area (Å²) in [4.78, 5) is 5.21. The fourth-order valence-electron chi connectivity index (χ4n) is 3.56. The molecule has 0 N–H and O–H groups in total. The van der Waals surface area contributed by atoms with E-state index in [0.29, 0.717) is 0 Å². The van der Waals surface area contributed by atoms with E-state index in [9.17, 15) is 0 Å². The molecule has 0 saturated carbocycles. The van der Waals surface area contributed by atoms with E-state index in [0.717, 1.165) is 25.3 Å². The van der Waals surface area contributed by atoms with Gasteiger partial charge in [0.1, 0.15) is 0 Å². The van der Waals surface area contributed by atoms with Gasteiger partial charge in [0.25, 0.3) is 0 Å². The highest BCUT2D eigenvalue weighted by Gasteiger charge is 2.32. The van der Waals surface area contributed by atoms with Crippen LogP contribution < -0.4 is 0 Å². The van der Waals surface area contributed by atoms with E-state index in [1.165, 1.54) is 64.6 Å². The van der Waals surface area contributed by atoms with Crippen molar-refractivity contribution in [2.24, 2.45) is 0 Å². The largest absolute Gasteiger partial charge is 0.377 e. The lowest BCUT2D eigenvalue weighted by Crippen LogP contribution is -2.31. The summed E-state index contributed by atoms with van der Waals surface area (Å²) in [6.07, 6.45) is 14.0.